The predicted molar refractivity (Wildman–Crippen MR) is 63.2 cm³/mol. The molecule has 0 amide bonds. The molecule has 0 aliphatic rings. The van der Waals surface area contributed by atoms with Gasteiger partial charge < -0.3 is 0 Å². The maximum Gasteiger partial charge on any atom is 0.221 e. The largest absolute Gasteiger partial charge is 0.281 e. The second-order valence-corrected chi connectivity index (χ2v) is 4.68. The van der Waals surface area contributed by atoms with Gasteiger partial charge in [-0.05, 0) is 35.5 Å². The van der Waals surface area contributed by atoms with Gasteiger partial charge in [-0.1, -0.05) is 32.6 Å². The highest BCUT2D eigenvalue weighted by Gasteiger charge is 2.15. The summed E-state index contributed by atoms with van der Waals surface area (Å²) in [6.45, 7) is 2.14. The first-order valence-corrected chi connectivity index (χ1v) is 6.18. The number of carbonyl (C=O) groups excluding carboxylic acids is 2. The van der Waals surface area contributed by atoms with Gasteiger partial charge in [0.05, 0.1) is 0 Å². The summed E-state index contributed by atoms with van der Waals surface area (Å²) in [6, 6.07) is 0. The quantitative estimate of drug-likeness (QED) is 0.461. The Hall–Kier alpha value is -0.0800. The van der Waals surface area contributed by atoms with Gasteiger partial charge in [-0.3, -0.25) is 9.59 Å². The van der Waals surface area contributed by atoms with Crippen LogP contribution in [0.2, 0.25) is 0 Å². The molecule has 0 fully saturated rings. The molecule has 0 aliphatic heterocycles. The molecule has 0 aromatic carbocycles. The fourth-order valence-corrected chi connectivity index (χ4v) is 2.03. The zero-order valence-corrected chi connectivity index (χ0v) is 10.6. The van der Waals surface area contributed by atoms with Crippen LogP contribution in [0.4, 0.5) is 0 Å². The molecule has 0 aliphatic carbocycles. The molecule has 0 unspecified atom stereocenters. The lowest BCUT2D eigenvalue weighted by molar-refractivity contribution is -0.114. The summed E-state index contributed by atoms with van der Waals surface area (Å²) < 4.78 is 0. The van der Waals surface area contributed by atoms with Crippen molar-refractivity contribution in [2.45, 2.75) is 51.9 Å². The van der Waals surface area contributed by atoms with E-state index in [0.717, 1.165) is 19.3 Å². The molecule has 0 saturated carbocycles. The highest BCUT2D eigenvalue weighted by atomic mass is 35.5. The van der Waals surface area contributed by atoms with Crippen LogP contribution in [0.1, 0.15) is 51.9 Å². The van der Waals surface area contributed by atoms with Crippen molar-refractivity contribution < 1.29 is 9.59 Å². The standard InChI is InChI=1S/C11H18Cl2O2/c1-2-3-4-5-6-9(7-10(12)14)8-11(13)15/h9H,2-8H2,1H3. The molecule has 0 rings (SSSR count). The fourth-order valence-electron chi connectivity index (χ4n) is 1.59. The molecule has 2 nitrogen and oxygen atoms in total. The molecule has 0 bridgehead atoms. The van der Waals surface area contributed by atoms with E-state index in [2.05, 4.69) is 6.92 Å². The molecule has 0 heterocycles. The van der Waals surface area contributed by atoms with Gasteiger partial charge in [0.1, 0.15) is 0 Å². The van der Waals surface area contributed by atoms with Crippen molar-refractivity contribution in [2.75, 3.05) is 0 Å². The number of hydrogen-bond donors (Lipinski definition) is 0. The number of halogens is 2. The van der Waals surface area contributed by atoms with Crippen LogP contribution in [0.3, 0.4) is 0 Å². The lowest BCUT2D eigenvalue weighted by Crippen LogP contribution is -2.08. The summed E-state index contributed by atoms with van der Waals surface area (Å²) in [7, 11) is 0. The van der Waals surface area contributed by atoms with Crippen LogP contribution in [-0.4, -0.2) is 10.5 Å². The van der Waals surface area contributed by atoms with Crippen molar-refractivity contribution >= 4 is 33.7 Å². The minimum Gasteiger partial charge on any atom is -0.281 e. The SMILES string of the molecule is CCCCCCC(CC(=O)Cl)CC(=O)Cl. The highest BCUT2D eigenvalue weighted by Crippen LogP contribution is 2.20. The fraction of sp³-hybridized carbons (Fsp3) is 0.818. The van der Waals surface area contributed by atoms with Gasteiger partial charge >= 0.3 is 0 Å². The van der Waals surface area contributed by atoms with Crippen LogP contribution in [0.5, 0.6) is 0 Å². The summed E-state index contributed by atoms with van der Waals surface area (Å²) in [5.41, 5.74) is 0. The van der Waals surface area contributed by atoms with Crippen LogP contribution in [0.25, 0.3) is 0 Å². The van der Waals surface area contributed by atoms with Gasteiger partial charge in [-0.2, -0.15) is 0 Å². The smallest absolute Gasteiger partial charge is 0.221 e. The third-order valence-electron chi connectivity index (χ3n) is 2.36. The van der Waals surface area contributed by atoms with Crippen molar-refractivity contribution in [3.05, 3.63) is 0 Å². The first kappa shape index (κ1) is 14.9. The molecular formula is C11H18Cl2O2. The molecule has 0 aromatic rings. The molecule has 4 heteroatoms. The molecule has 0 spiro atoms. The Bertz CT molecular complexity index is 189. The molecule has 88 valence electrons. The van der Waals surface area contributed by atoms with E-state index in [1.807, 2.05) is 0 Å². The molecule has 0 N–H and O–H groups in total. The topological polar surface area (TPSA) is 34.1 Å². The molecule has 0 atom stereocenters. The average molecular weight is 253 g/mol. The first-order chi connectivity index (χ1) is 7.06. The van der Waals surface area contributed by atoms with E-state index in [-0.39, 0.29) is 29.2 Å². The Kier molecular flexibility index (Phi) is 9.12. The summed E-state index contributed by atoms with van der Waals surface area (Å²) in [4.78, 5) is 21.5. The molecule has 0 aromatic heterocycles. The zero-order chi connectivity index (χ0) is 11.7. The molecule has 0 radical (unpaired) electrons. The van der Waals surface area contributed by atoms with Crippen LogP contribution < -0.4 is 0 Å². The van der Waals surface area contributed by atoms with Crippen LogP contribution >= 0.6 is 23.2 Å². The van der Waals surface area contributed by atoms with E-state index in [1.54, 1.807) is 0 Å². The van der Waals surface area contributed by atoms with E-state index >= 15 is 0 Å². The van der Waals surface area contributed by atoms with Crippen LogP contribution in [-0.2, 0) is 9.59 Å². The summed E-state index contributed by atoms with van der Waals surface area (Å²) >= 11 is 10.6. The third-order valence-corrected chi connectivity index (χ3v) is 2.67. The lowest BCUT2D eigenvalue weighted by Gasteiger charge is -2.11. The van der Waals surface area contributed by atoms with E-state index in [1.165, 1.54) is 12.8 Å². The van der Waals surface area contributed by atoms with Gasteiger partial charge in [-0.15, -0.1) is 0 Å². The van der Waals surface area contributed by atoms with Crippen molar-refractivity contribution in [3.8, 4) is 0 Å². The predicted octanol–water partition coefficient (Wildman–Crippen LogP) is 3.88. The van der Waals surface area contributed by atoms with E-state index in [0.29, 0.717) is 0 Å². The minimum atomic E-state index is -0.381. The van der Waals surface area contributed by atoms with Gasteiger partial charge in [0.2, 0.25) is 10.5 Å². The van der Waals surface area contributed by atoms with Gasteiger partial charge in [0.15, 0.2) is 0 Å². The van der Waals surface area contributed by atoms with E-state index < -0.39 is 0 Å². The molecular weight excluding hydrogens is 235 g/mol. The zero-order valence-electron chi connectivity index (χ0n) is 9.10. The Labute approximate surface area is 101 Å². The lowest BCUT2D eigenvalue weighted by atomic mass is 9.95. The number of rotatable bonds is 9. The number of unbranched alkanes of at least 4 members (excludes halogenated alkanes) is 3. The second-order valence-electron chi connectivity index (χ2n) is 3.83. The summed E-state index contributed by atoms with van der Waals surface area (Å²) in [5, 5.41) is -0.762. The number of carbonyl (C=O) groups is 2. The van der Waals surface area contributed by atoms with Crippen molar-refractivity contribution in [2.24, 2.45) is 5.92 Å². The first-order valence-electron chi connectivity index (χ1n) is 5.43. The maximum atomic E-state index is 10.7. The Morgan fingerprint density at radius 2 is 1.53 bits per heavy atom. The summed E-state index contributed by atoms with van der Waals surface area (Å²) in [6.07, 6.45) is 5.91. The third kappa shape index (κ3) is 10.2. The second kappa shape index (κ2) is 9.17. The summed E-state index contributed by atoms with van der Waals surface area (Å²) in [5.74, 6) is 0.0249. The van der Waals surface area contributed by atoms with Crippen LogP contribution in [0, 0.1) is 5.92 Å². The Balaban J connectivity index is 3.79. The number of hydrogen-bond acceptors (Lipinski definition) is 2. The monoisotopic (exact) mass is 252 g/mol. The van der Waals surface area contributed by atoms with Crippen molar-refractivity contribution in [1.29, 1.82) is 0 Å². The Morgan fingerprint density at radius 1 is 1.00 bits per heavy atom. The molecule has 0 saturated heterocycles. The van der Waals surface area contributed by atoms with Gasteiger partial charge in [0, 0.05) is 12.8 Å². The van der Waals surface area contributed by atoms with Crippen molar-refractivity contribution in [1.82, 2.24) is 0 Å². The van der Waals surface area contributed by atoms with Crippen molar-refractivity contribution in [3.63, 3.8) is 0 Å². The normalized spacial score (nSPS) is 10.7. The maximum absolute atomic E-state index is 10.7. The van der Waals surface area contributed by atoms with E-state index in [4.69, 9.17) is 23.2 Å². The molecule has 15 heavy (non-hydrogen) atoms. The van der Waals surface area contributed by atoms with E-state index in [9.17, 15) is 9.59 Å². The Morgan fingerprint density at radius 3 is 1.93 bits per heavy atom. The minimum absolute atomic E-state index is 0.0249. The average Bonchev–Trinajstić information content (AvgIpc) is 2.10. The van der Waals surface area contributed by atoms with Crippen LogP contribution in [0.15, 0.2) is 0 Å². The van der Waals surface area contributed by atoms with Gasteiger partial charge in [-0.25, -0.2) is 0 Å². The van der Waals surface area contributed by atoms with Gasteiger partial charge in [0.25, 0.3) is 0 Å². The highest BCUT2D eigenvalue weighted by molar-refractivity contribution is 6.64.